The zero-order chi connectivity index (χ0) is 15.5. The van der Waals surface area contributed by atoms with Gasteiger partial charge in [0, 0.05) is 49.5 Å². The lowest BCUT2D eigenvalue weighted by molar-refractivity contribution is 0.112. The van der Waals surface area contributed by atoms with Crippen LogP contribution >= 0.6 is 0 Å². The Balaban J connectivity index is 1.59. The van der Waals surface area contributed by atoms with Crippen LogP contribution in [0.2, 0.25) is 0 Å². The lowest BCUT2D eigenvalue weighted by atomic mass is 10.1. The monoisotopic (exact) mass is 299 g/mol. The molecule has 1 aromatic heterocycles. The highest BCUT2D eigenvalue weighted by Crippen LogP contribution is 2.19. The van der Waals surface area contributed by atoms with E-state index in [4.69, 9.17) is 4.52 Å². The SMILES string of the molecule is Cc1noc(C)c1CN1CCN(c2ccc(C=O)cc2)CC1. The summed E-state index contributed by atoms with van der Waals surface area (Å²) in [5.41, 5.74) is 4.11. The number of carbonyl (C=O) groups is 1. The molecular weight excluding hydrogens is 278 g/mol. The smallest absolute Gasteiger partial charge is 0.150 e. The van der Waals surface area contributed by atoms with Crippen LogP contribution in [0.5, 0.6) is 0 Å². The van der Waals surface area contributed by atoms with Gasteiger partial charge in [0.25, 0.3) is 0 Å². The Hall–Kier alpha value is -2.14. The van der Waals surface area contributed by atoms with Crippen molar-refractivity contribution in [2.45, 2.75) is 20.4 Å². The molecule has 2 aromatic rings. The van der Waals surface area contributed by atoms with Crippen molar-refractivity contribution in [3.63, 3.8) is 0 Å². The third-order valence-corrected chi connectivity index (χ3v) is 4.33. The van der Waals surface area contributed by atoms with Crippen LogP contribution in [-0.2, 0) is 6.54 Å². The molecule has 0 N–H and O–H groups in total. The highest BCUT2D eigenvalue weighted by molar-refractivity contribution is 5.75. The molecule has 2 heterocycles. The van der Waals surface area contributed by atoms with E-state index in [9.17, 15) is 4.79 Å². The molecule has 0 unspecified atom stereocenters. The van der Waals surface area contributed by atoms with E-state index in [0.29, 0.717) is 0 Å². The Bertz CT molecular complexity index is 621. The summed E-state index contributed by atoms with van der Waals surface area (Å²) in [6.45, 7) is 8.88. The highest BCUT2D eigenvalue weighted by atomic mass is 16.5. The van der Waals surface area contributed by atoms with Gasteiger partial charge in [-0.3, -0.25) is 9.69 Å². The molecule has 0 bridgehead atoms. The number of nitrogens with zero attached hydrogens (tertiary/aromatic N) is 3. The molecule has 1 saturated heterocycles. The molecule has 3 rings (SSSR count). The number of benzene rings is 1. The number of piperazine rings is 1. The van der Waals surface area contributed by atoms with Crippen LogP contribution in [0.3, 0.4) is 0 Å². The van der Waals surface area contributed by atoms with E-state index >= 15 is 0 Å². The predicted octanol–water partition coefficient (Wildman–Crippen LogP) is 2.43. The maximum atomic E-state index is 10.7. The van der Waals surface area contributed by atoms with Gasteiger partial charge in [-0.25, -0.2) is 0 Å². The summed E-state index contributed by atoms with van der Waals surface area (Å²) >= 11 is 0. The molecule has 1 aliphatic rings. The van der Waals surface area contributed by atoms with Crippen molar-refractivity contribution in [3.05, 3.63) is 46.8 Å². The molecule has 1 fully saturated rings. The number of anilines is 1. The number of carbonyl (C=O) groups excluding carboxylic acids is 1. The van der Waals surface area contributed by atoms with Crippen LogP contribution in [-0.4, -0.2) is 42.5 Å². The standard InChI is InChI=1S/C17H21N3O2/c1-13-17(14(2)22-18-13)11-19-7-9-20(10-8-19)16-5-3-15(12-21)4-6-16/h3-6,12H,7-11H2,1-2H3. The molecule has 5 heteroatoms. The van der Waals surface area contributed by atoms with Crippen molar-refractivity contribution in [3.8, 4) is 0 Å². The van der Waals surface area contributed by atoms with Gasteiger partial charge in [0.2, 0.25) is 0 Å². The third kappa shape index (κ3) is 3.04. The van der Waals surface area contributed by atoms with E-state index in [1.54, 1.807) is 0 Å². The second-order valence-electron chi connectivity index (χ2n) is 5.78. The van der Waals surface area contributed by atoms with Gasteiger partial charge in [-0.15, -0.1) is 0 Å². The van der Waals surface area contributed by atoms with E-state index in [1.165, 1.54) is 11.3 Å². The van der Waals surface area contributed by atoms with Gasteiger partial charge in [0.05, 0.1) is 5.69 Å². The van der Waals surface area contributed by atoms with Gasteiger partial charge in [0.1, 0.15) is 12.0 Å². The first-order valence-electron chi connectivity index (χ1n) is 7.61. The van der Waals surface area contributed by atoms with Crippen molar-refractivity contribution in [2.75, 3.05) is 31.1 Å². The molecule has 1 aliphatic heterocycles. The van der Waals surface area contributed by atoms with Gasteiger partial charge >= 0.3 is 0 Å². The average Bonchev–Trinajstić information content (AvgIpc) is 2.88. The summed E-state index contributed by atoms with van der Waals surface area (Å²) in [5.74, 6) is 0.921. The quantitative estimate of drug-likeness (QED) is 0.812. The molecule has 0 atom stereocenters. The van der Waals surface area contributed by atoms with E-state index in [0.717, 1.165) is 56.0 Å². The van der Waals surface area contributed by atoms with Gasteiger partial charge < -0.3 is 9.42 Å². The van der Waals surface area contributed by atoms with E-state index < -0.39 is 0 Å². The zero-order valence-corrected chi connectivity index (χ0v) is 13.1. The zero-order valence-electron chi connectivity index (χ0n) is 13.1. The molecule has 0 spiro atoms. The topological polar surface area (TPSA) is 49.6 Å². The summed E-state index contributed by atoms with van der Waals surface area (Å²) in [6, 6.07) is 7.79. The highest BCUT2D eigenvalue weighted by Gasteiger charge is 2.20. The summed E-state index contributed by atoms with van der Waals surface area (Å²) in [6.07, 6.45) is 0.880. The van der Waals surface area contributed by atoms with E-state index in [-0.39, 0.29) is 0 Å². The molecule has 116 valence electrons. The molecule has 0 amide bonds. The van der Waals surface area contributed by atoms with Gasteiger partial charge in [-0.2, -0.15) is 0 Å². The number of aldehydes is 1. The fourth-order valence-corrected chi connectivity index (χ4v) is 2.88. The molecule has 0 saturated carbocycles. The van der Waals surface area contributed by atoms with Gasteiger partial charge in [0.15, 0.2) is 0 Å². The Kier molecular flexibility index (Phi) is 4.24. The Morgan fingerprint density at radius 3 is 2.36 bits per heavy atom. The van der Waals surface area contributed by atoms with Crippen molar-refractivity contribution in [1.82, 2.24) is 10.1 Å². The number of aryl methyl sites for hydroxylation is 2. The molecular formula is C17H21N3O2. The largest absolute Gasteiger partial charge is 0.369 e. The molecule has 22 heavy (non-hydrogen) atoms. The minimum Gasteiger partial charge on any atom is -0.369 e. The first-order valence-corrected chi connectivity index (χ1v) is 7.61. The molecule has 5 nitrogen and oxygen atoms in total. The molecule has 0 aliphatic carbocycles. The lowest BCUT2D eigenvalue weighted by Crippen LogP contribution is -2.46. The maximum Gasteiger partial charge on any atom is 0.150 e. The number of hydrogen-bond acceptors (Lipinski definition) is 5. The van der Waals surface area contributed by atoms with E-state index in [2.05, 4.69) is 15.0 Å². The summed E-state index contributed by atoms with van der Waals surface area (Å²) in [4.78, 5) is 15.5. The Morgan fingerprint density at radius 1 is 1.14 bits per heavy atom. The maximum absolute atomic E-state index is 10.7. The van der Waals surface area contributed by atoms with Crippen LogP contribution in [0.15, 0.2) is 28.8 Å². The first-order chi connectivity index (χ1) is 10.7. The van der Waals surface area contributed by atoms with Crippen LogP contribution in [0.4, 0.5) is 5.69 Å². The summed E-state index contributed by atoms with van der Waals surface area (Å²) < 4.78 is 5.23. The van der Waals surface area contributed by atoms with Crippen LogP contribution in [0.1, 0.15) is 27.4 Å². The predicted molar refractivity (Wildman–Crippen MR) is 85.3 cm³/mol. The first kappa shape index (κ1) is 14.8. The fourth-order valence-electron chi connectivity index (χ4n) is 2.88. The summed E-state index contributed by atoms with van der Waals surface area (Å²) in [5, 5.41) is 4.02. The Morgan fingerprint density at radius 2 is 1.82 bits per heavy atom. The van der Waals surface area contributed by atoms with Crippen LogP contribution in [0.25, 0.3) is 0 Å². The minimum absolute atomic E-state index is 0.723. The number of aromatic nitrogens is 1. The van der Waals surface area contributed by atoms with Crippen molar-refractivity contribution in [1.29, 1.82) is 0 Å². The van der Waals surface area contributed by atoms with Crippen molar-refractivity contribution in [2.24, 2.45) is 0 Å². The average molecular weight is 299 g/mol. The van der Waals surface area contributed by atoms with Gasteiger partial charge in [-0.1, -0.05) is 5.16 Å². The van der Waals surface area contributed by atoms with Crippen molar-refractivity contribution >= 4 is 12.0 Å². The molecule has 0 radical (unpaired) electrons. The lowest BCUT2D eigenvalue weighted by Gasteiger charge is -2.36. The second kappa shape index (κ2) is 6.32. The van der Waals surface area contributed by atoms with Gasteiger partial charge in [-0.05, 0) is 38.1 Å². The second-order valence-corrected chi connectivity index (χ2v) is 5.78. The number of rotatable bonds is 4. The fraction of sp³-hybridized carbons (Fsp3) is 0.412. The minimum atomic E-state index is 0.723. The number of hydrogen-bond donors (Lipinski definition) is 0. The van der Waals surface area contributed by atoms with Crippen LogP contribution in [0, 0.1) is 13.8 Å². The Labute approximate surface area is 130 Å². The van der Waals surface area contributed by atoms with Crippen LogP contribution < -0.4 is 4.90 Å². The van der Waals surface area contributed by atoms with E-state index in [1.807, 2.05) is 38.1 Å². The van der Waals surface area contributed by atoms with Crippen molar-refractivity contribution < 1.29 is 9.32 Å². The molecule has 1 aromatic carbocycles. The normalized spacial score (nSPS) is 16.0. The summed E-state index contributed by atoms with van der Waals surface area (Å²) in [7, 11) is 0. The third-order valence-electron chi connectivity index (χ3n) is 4.33.